The zero-order valence-corrected chi connectivity index (χ0v) is 13.2. The minimum absolute atomic E-state index is 0. The molecule has 1 aliphatic heterocycles. The van der Waals surface area contributed by atoms with Gasteiger partial charge < -0.3 is 16.0 Å². The van der Waals surface area contributed by atoms with Gasteiger partial charge in [0.05, 0.1) is 0 Å². The predicted molar refractivity (Wildman–Crippen MR) is 80.2 cm³/mol. The molecule has 1 saturated carbocycles. The Labute approximate surface area is 130 Å². The van der Waals surface area contributed by atoms with Crippen molar-refractivity contribution in [2.24, 2.45) is 0 Å². The van der Waals surface area contributed by atoms with Gasteiger partial charge in [0.1, 0.15) is 12.1 Å². The van der Waals surface area contributed by atoms with Gasteiger partial charge in [0.2, 0.25) is 5.91 Å². The number of hydrogen-bond acceptors (Lipinski definition) is 4. The van der Waals surface area contributed by atoms with Crippen molar-refractivity contribution < 1.29 is 14.4 Å². The second kappa shape index (κ2) is 7.09. The van der Waals surface area contributed by atoms with Crippen molar-refractivity contribution in [2.75, 3.05) is 20.1 Å². The van der Waals surface area contributed by atoms with Crippen molar-refractivity contribution in [2.45, 2.75) is 44.2 Å². The summed E-state index contributed by atoms with van der Waals surface area (Å²) >= 11 is 0. The molecule has 3 N–H and O–H groups in total. The molecule has 8 heteroatoms. The van der Waals surface area contributed by atoms with Crippen LogP contribution in [-0.4, -0.2) is 54.5 Å². The Bertz CT molecular complexity index is 424. The second-order valence-electron chi connectivity index (χ2n) is 5.60. The van der Waals surface area contributed by atoms with E-state index >= 15 is 0 Å². The summed E-state index contributed by atoms with van der Waals surface area (Å²) in [6.45, 7) is 2.19. The predicted octanol–water partition coefficient (Wildman–Crippen LogP) is -0.00310. The first-order valence-electron chi connectivity index (χ1n) is 7.06. The Morgan fingerprint density at radius 3 is 2.57 bits per heavy atom. The summed E-state index contributed by atoms with van der Waals surface area (Å²) in [7, 11) is 1.80. The van der Waals surface area contributed by atoms with Gasteiger partial charge >= 0.3 is 6.03 Å². The van der Waals surface area contributed by atoms with Gasteiger partial charge in [-0.05, 0) is 26.8 Å². The molecule has 1 unspecified atom stereocenters. The van der Waals surface area contributed by atoms with Crippen molar-refractivity contribution in [1.82, 2.24) is 20.9 Å². The van der Waals surface area contributed by atoms with E-state index in [1.54, 1.807) is 7.05 Å². The standard InChI is InChI=1S/C13H22N4O3.ClH/c1-9(14-2)7-15-10(18)8-17-11(19)13(16-12(17)20)5-3-4-6-13;/h9,14H,3-8H2,1-2H3,(H,15,18)(H,16,20);1H. The largest absolute Gasteiger partial charge is 0.353 e. The Kier molecular flexibility index (Phi) is 5.98. The second-order valence-corrected chi connectivity index (χ2v) is 5.60. The van der Waals surface area contributed by atoms with E-state index in [9.17, 15) is 14.4 Å². The van der Waals surface area contributed by atoms with Gasteiger partial charge in [-0.25, -0.2) is 4.79 Å². The third-order valence-corrected chi connectivity index (χ3v) is 4.10. The zero-order chi connectivity index (χ0) is 14.8. The van der Waals surface area contributed by atoms with Gasteiger partial charge in [0.15, 0.2) is 0 Å². The van der Waals surface area contributed by atoms with Crippen LogP contribution < -0.4 is 16.0 Å². The summed E-state index contributed by atoms with van der Waals surface area (Å²) in [4.78, 5) is 37.0. The average Bonchev–Trinajstić information content (AvgIpc) is 2.98. The van der Waals surface area contributed by atoms with Crippen LogP contribution in [-0.2, 0) is 9.59 Å². The number of imide groups is 1. The van der Waals surface area contributed by atoms with Crippen molar-refractivity contribution in [3.8, 4) is 0 Å². The topological polar surface area (TPSA) is 90.5 Å². The lowest BCUT2D eigenvalue weighted by atomic mass is 9.98. The molecule has 1 aliphatic carbocycles. The van der Waals surface area contributed by atoms with Gasteiger partial charge in [0.25, 0.3) is 5.91 Å². The van der Waals surface area contributed by atoms with Gasteiger partial charge in [-0.1, -0.05) is 12.8 Å². The van der Waals surface area contributed by atoms with Crippen LogP contribution in [0.15, 0.2) is 0 Å². The number of hydrogen-bond donors (Lipinski definition) is 3. The van der Waals surface area contributed by atoms with Crippen molar-refractivity contribution in [1.29, 1.82) is 0 Å². The van der Waals surface area contributed by atoms with Crippen molar-refractivity contribution in [3.63, 3.8) is 0 Å². The number of nitrogens with one attached hydrogen (secondary N) is 3. The highest BCUT2D eigenvalue weighted by atomic mass is 35.5. The van der Waals surface area contributed by atoms with E-state index in [-0.39, 0.29) is 36.8 Å². The van der Waals surface area contributed by atoms with E-state index < -0.39 is 11.6 Å². The molecule has 0 radical (unpaired) electrons. The fourth-order valence-electron chi connectivity index (χ4n) is 2.71. The van der Waals surface area contributed by atoms with Crippen LogP contribution in [0.1, 0.15) is 32.6 Å². The third kappa shape index (κ3) is 3.65. The van der Waals surface area contributed by atoms with Crippen LogP contribution in [0.3, 0.4) is 0 Å². The number of carbonyl (C=O) groups excluding carboxylic acids is 3. The van der Waals surface area contributed by atoms with E-state index in [1.807, 2.05) is 6.92 Å². The number of amides is 4. The summed E-state index contributed by atoms with van der Waals surface area (Å²) < 4.78 is 0. The summed E-state index contributed by atoms with van der Waals surface area (Å²) in [6.07, 6.45) is 3.22. The van der Waals surface area contributed by atoms with E-state index in [2.05, 4.69) is 16.0 Å². The SMILES string of the molecule is CNC(C)CNC(=O)CN1C(=O)NC2(CCCC2)C1=O.Cl. The maximum absolute atomic E-state index is 12.3. The van der Waals surface area contributed by atoms with Crippen molar-refractivity contribution >= 4 is 30.3 Å². The summed E-state index contributed by atoms with van der Waals surface area (Å²) in [5.41, 5.74) is -0.740. The Morgan fingerprint density at radius 1 is 1.38 bits per heavy atom. The zero-order valence-electron chi connectivity index (χ0n) is 12.4. The van der Waals surface area contributed by atoms with Crippen LogP contribution in [0.2, 0.25) is 0 Å². The quantitative estimate of drug-likeness (QED) is 0.622. The molecule has 4 amide bonds. The number of rotatable bonds is 5. The summed E-state index contributed by atoms with van der Waals surface area (Å²) in [5, 5.41) is 8.46. The first kappa shape index (κ1) is 17.7. The van der Waals surface area contributed by atoms with Gasteiger partial charge in [-0.2, -0.15) is 0 Å². The van der Waals surface area contributed by atoms with E-state index in [0.717, 1.165) is 17.7 Å². The van der Waals surface area contributed by atoms with Crippen LogP contribution in [0.5, 0.6) is 0 Å². The Morgan fingerprint density at radius 2 is 2.00 bits per heavy atom. The number of nitrogens with zero attached hydrogens (tertiary/aromatic N) is 1. The van der Waals surface area contributed by atoms with E-state index in [4.69, 9.17) is 0 Å². The highest BCUT2D eigenvalue weighted by molar-refractivity contribution is 6.09. The molecule has 2 aliphatic rings. The Balaban J connectivity index is 0.00000220. The van der Waals surface area contributed by atoms with Gasteiger partial charge in [-0.15, -0.1) is 12.4 Å². The molecule has 120 valence electrons. The number of urea groups is 1. The average molecular weight is 319 g/mol. The highest BCUT2D eigenvalue weighted by Crippen LogP contribution is 2.34. The molecule has 0 aromatic carbocycles. The third-order valence-electron chi connectivity index (χ3n) is 4.10. The van der Waals surface area contributed by atoms with E-state index in [1.165, 1.54) is 0 Å². The monoisotopic (exact) mass is 318 g/mol. The van der Waals surface area contributed by atoms with Crippen LogP contribution in [0.4, 0.5) is 4.79 Å². The maximum Gasteiger partial charge on any atom is 0.325 e. The molecule has 0 aromatic rings. The van der Waals surface area contributed by atoms with Crippen LogP contribution in [0, 0.1) is 0 Å². The molecule has 21 heavy (non-hydrogen) atoms. The molecule has 7 nitrogen and oxygen atoms in total. The van der Waals surface area contributed by atoms with Crippen molar-refractivity contribution in [3.05, 3.63) is 0 Å². The van der Waals surface area contributed by atoms with Gasteiger partial charge in [-0.3, -0.25) is 14.5 Å². The molecule has 1 saturated heterocycles. The molecule has 2 rings (SSSR count). The molecule has 1 spiro atoms. The minimum Gasteiger partial charge on any atom is -0.353 e. The molecule has 0 bridgehead atoms. The minimum atomic E-state index is -0.740. The normalized spacial score (nSPS) is 21.1. The lowest BCUT2D eigenvalue weighted by Crippen LogP contribution is -2.46. The van der Waals surface area contributed by atoms with Gasteiger partial charge in [0, 0.05) is 12.6 Å². The first-order chi connectivity index (χ1) is 9.48. The molecular formula is C13H23ClN4O3. The number of carbonyl (C=O) groups is 3. The smallest absolute Gasteiger partial charge is 0.325 e. The lowest BCUT2D eigenvalue weighted by molar-refractivity contribution is -0.134. The molecule has 1 atom stereocenters. The summed E-state index contributed by atoms with van der Waals surface area (Å²) in [6, 6.07) is -0.308. The molecular weight excluding hydrogens is 296 g/mol. The fraction of sp³-hybridized carbons (Fsp3) is 0.769. The Hall–Kier alpha value is -1.34. The number of likely N-dealkylation sites (N-methyl/N-ethyl adjacent to an activating group) is 1. The molecule has 1 heterocycles. The summed E-state index contributed by atoms with van der Waals surface area (Å²) in [5.74, 6) is -0.567. The fourth-order valence-corrected chi connectivity index (χ4v) is 2.71. The van der Waals surface area contributed by atoms with Crippen LogP contribution >= 0.6 is 12.4 Å². The van der Waals surface area contributed by atoms with Crippen LogP contribution in [0.25, 0.3) is 0 Å². The lowest BCUT2D eigenvalue weighted by Gasteiger charge is -2.20. The van der Waals surface area contributed by atoms with E-state index in [0.29, 0.717) is 19.4 Å². The maximum atomic E-state index is 12.3. The molecule has 0 aromatic heterocycles. The molecule has 2 fully saturated rings. The first-order valence-corrected chi connectivity index (χ1v) is 7.06. The number of halogens is 1. The highest BCUT2D eigenvalue weighted by Gasteiger charge is 2.52.